The van der Waals surface area contributed by atoms with E-state index in [1.807, 2.05) is 0 Å². The van der Waals surface area contributed by atoms with Gasteiger partial charge in [0.15, 0.2) is 0 Å². The van der Waals surface area contributed by atoms with E-state index in [1.54, 1.807) is 0 Å². The Labute approximate surface area is 108 Å². The molecule has 3 unspecified atom stereocenters. The van der Waals surface area contributed by atoms with Crippen LogP contribution in [0.1, 0.15) is 65.7 Å². The number of hydrogen-bond donors (Lipinski definition) is 1. The minimum absolute atomic E-state index is 0.418. The highest BCUT2D eigenvalue weighted by atomic mass is 15.2. The molecule has 1 aliphatic carbocycles. The van der Waals surface area contributed by atoms with E-state index in [0.29, 0.717) is 12.1 Å². The Balaban J connectivity index is 2.55. The van der Waals surface area contributed by atoms with Crippen molar-refractivity contribution in [3.05, 3.63) is 0 Å². The SMILES string of the molecule is CCCC1CCC(N)C(N(CCC)CCC)C1. The number of nitrogens with two attached hydrogens (primary N) is 1. The molecule has 0 aromatic heterocycles. The molecular weight excluding hydrogens is 208 g/mol. The molecule has 2 heteroatoms. The van der Waals surface area contributed by atoms with Gasteiger partial charge in [-0.2, -0.15) is 0 Å². The molecule has 2 N–H and O–H groups in total. The first kappa shape index (κ1) is 15.0. The summed E-state index contributed by atoms with van der Waals surface area (Å²) in [5, 5.41) is 0. The van der Waals surface area contributed by atoms with Crippen LogP contribution in [-0.2, 0) is 0 Å². The lowest BCUT2D eigenvalue weighted by molar-refractivity contribution is 0.108. The van der Waals surface area contributed by atoms with Gasteiger partial charge in [-0.15, -0.1) is 0 Å². The van der Waals surface area contributed by atoms with Crippen molar-refractivity contribution < 1.29 is 0 Å². The Kier molecular flexibility index (Phi) is 7.14. The largest absolute Gasteiger partial charge is 0.326 e. The number of hydrogen-bond acceptors (Lipinski definition) is 2. The zero-order valence-corrected chi connectivity index (χ0v) is 12.1. The second-order valence-electron chi connectivity index (χ2n) is 5.73. The highest BCUT2D eigenvalue weighted by molar-refractivity contribution is 4.89. The van der Waals surface area contributed by atoms with E-state index in [-0.39, 0.29) is 0 Å². The highest BCUT2D eigenvalue weighted by Gasteiger charge is 2.31. The van der Waals surface area contributed by atoms with Crippen molar-refractivity contribution >= 4 is 0 Å². The fourth-order valence-electron chi connectivity index (χ4n) is 3.36. The fourth-order valence-corrected chi connectivity index (χ4v) is 3.36. The molecular formula is C15H32N2. The molecule has 0 radical (unpaired) electrons. The minimum Gasteiger partial charge on any atom is -0.326 e. The van der Waals surface area contributed by atoms with Crippen molar-refractivity contribution in [2.45, 2.75) is 77.8 Å². The molecule has 1 aliphatic rings. The van der Waals surface area contributed by atoms with Crippen molar-refractivity contribution in [1.29, 1.82) is 0 Å². The summed E-state index contributed by atoms with van der Waals surface area (Å²) in [5.74, 6) is 0.931. The zero-order valence-electron chi connectivity index (χ0n) is 12.1. The Bertz CT molecular complexity index is 187. The van der Waals surface area contributed by atoms with Crippen LogP contribution in [0, 0.1) is 5.92 Å². The maximum atomic E-state index is 6.36. The lowest BCUT2D eigenvalue weighted by Gasteiger charge is -2.41. The Hall–Kier alpha value is -0.0800. The molecule has 17 heavy (non-hydrogen) atoms. The molecule has 0 saturated heterocycles. The van der Waals surface area contributed by atoms with Gasteiger partial charge < -0.3 is 5.73 Å². The number of nitrogens with zero attached hydrogens (tertiary/aromatic N) is 1. The van der Waals surface area contributed by atoms with Crippen LogP contribution in [0.15, 0.2) is 0 Å². The highest BCUT2D eigenvalue weighted by Crippen LogP contribution is 2.30. The topological polar surface area (TPSA) is 29.3 Å². The average molecular weight is 240 g/mol. The molecule has 0 aliphatic heterocycles. The predicted molar refractivity (Wildman–Crippen MR) is 76.2 cm³/mol. The molecule has 1 saturated carbocycles. The third-order valence-corrected chi connectivity index (χ3v) is 4.16. The van der Waals surface area contributed by atoms with Crippen molar-refractivity contribution in [2.75, 3.05) is 13.1 Å². The van der Waals surface area contributed by atoms with Crippen LogP contribution in [0.5, 0.6) is 0 Å². The van der Waals surface area contributed by atoms with Crippen molar-refractivity contribution in [2.24, 2.45) is 11.7 Å². The number of rotatable bonds is 7. The summed E-state index contributed by atoms with van der Waals surface area (Å²) < 4.78 is 0. The van der Waals surface area contributed by atoms with Gasteiger partial charge in [0.05, 0.1) is 0 Å². The maximum absolute atomic E-state index is 6.36. The molecule has 0 aromatic rings. The van der Waals surface area contributed by atoms with Gasteiger partial charge in [-0.3, -0.25) is 4.90 Å². The van der Waals surface area contributed by atoms with Crippen molar-refractivity contribution in [3.63, 3.8) is 0 Å². The molecule has 0 aromatic carbocycles. The van der Waals surface area contributed by atoms with Crippen molar-refractivity contribution in [1.82, 2.24) is 4.90 Å². The van der Waals surface area contributed by atoms with Gasteiger partial charge in [0.25, 0.3) is 0 Å². The first-order valence-corrected chi connectivity index (χ1v) is 7.72. The van der Waals surface area contributed by atoms with E-state index in [1.165, 1.54) is 58.0 Å². The van der Waals surface area contributed by atoms with Crippen LogP contribution in [0.4, 0.5) is 0 Å². The molecule has 1 rings (SSSR count). The maximum Gasteiger partial charge on any atom is 0.0249 e. The van der Waals surface area contributed by atoms with E-state index in [0.717, 1.165) is 5.92 Å². The lowest BCUT2D eigenvalue weighted by Crippen LogP contribution is -2.51. The van der Waals surface area contributed by atoms with Crippen LogP contribution in [0.25, 0.3) is 0 Å². The molecule has 1 fully saturated rings. The van der Waals surface area contributed by atoms with Gasteiger partial charge in [0.1, 0.15) is 0 Å². The monoisotopic (exact) mass is 240 g/mol. The van der Waals surface area contributed by atoms with Crippen LogP contribution < -0.4 is 5.73 Å². The van der Waals surface area contributed by atoms with Crippen LogP contribution in [0.3, 0.4) is 0 Å². The zero-order chi connectivity index (χ0) is 12.7. The van der Waals surface area contributed by atoms with Crippen LogP contribution in [0.2, 0.25) is 0 Å². The summed E-state index contributed by atoms with van der Waals surface area (Å²) in [6, 6.07) is 1.07. The molecule has 3 atom stereocenters. The first-order chi connectivity index (χ1) is 8.22. The smallest absolute Gasteiger partial charge is 0.0249 e. The van der Waals surface area contributed by atoms with Crippen LogP contribution >= 0.6 is 0 Å². The normalized spacial score (nSPS) is 29.8. The summed E-state index contributed by atoms with van der Waals surface area (Å²) in [7, 11) is 0. The second kappa shape index (κ2) is 8.10. The first-order valence-electron chi connectivity index (χ1n) is 7.72. The Morgan fingerprint density at radius 2 is 1.65 bits per heavy atom. The fraction of sp³-hybridized carbons (Fsp3) is 1.00. The second-order valence-corrected chi connectivity index (χ2v) is 5.73. The molecule has 0 bridgehead atoms. The third kappa shape index (κ3) is 4.59. The Morgan fingerprint density at radius 3 is 2.18 bits per heavy atom. The van der Waals surface area contributed by atoms with Gasteiger partial charge in [-0.05, 0) is 51.1 Å². The summed E-state index contributed by atoms with van der Waals surface area (Å²) in [6.45, 7) is 9.32. The van der Waals surface area contributed by atoms with Gasteiger partial charge >= 0.3 is 0 Å². The Morgan fingerprint density at radius 1 is 1.00 bits per heavy atom. The predicted octanol–water partition coefficient (Wildman–Crippen LogP) is 3.40. The van der Waals surface area contributed by atoms with Gasteiger partial charge in [0.2, 0.25) is 0 Å². The summed E-state index contributed by atoms with van der Waals surface area (Å²) >= 11 is 0. The molecule has 0 amide bonds. The summed E-state index contributed by atoms with van der Waals surface area (Å²) in [5.41, 5.74) is 6.36. The molecule has 2 nitrogen and oxygen atoms in total. The molecule has 0 heterocycles. The lowest BCUT2D eigenvalue weighted by atomic mass is 9.79. The van der Waals surface area contributed by atoms with E-state index in [4.69, 9.17) is 5.73 Å². The minimum atomic E-state index is 0.418. The summed E-state index contributed by atoms with van der Waals surface area (Å²) in [6.07, 6.45) is 9.17. The third-order valence-electron chi connectivity index (χ3n) is 4.16. The quantitative estimate of drug-likeness (QED) is 0.739. The van der Waals surface area contributed by atoms with Crippen molar-refractivity contribution in [3.8, 4) is 0 Å². The standard InChI is InChI=1S/C15H32N2/c1-4-7-13-8-9-14(16)15(12-13)17(10-5-2)11-6-3/h13-15H,4-12,16H2,1-3H3. The van der Waals surface area contributed by atoms with E-state index in [9.17, 15) is 0 Å². The summed E-state index contributed by atoms with van der Waals surface area (Å²) in [4.78, 5) is 2.66. The van der Waals surface area contributed by atoms with E-state index < -0.39 is 0 Å². The molecule has 0 spiro atoms. The van der Waals surface area contributed by atoms with Gasteiger partial charge in [-0.1, -0.05) is 33.6 Å². The van der Waals surface area contributed by atoms with Gasteiger partial charge in [-0.25, -0.2) is 0 Å². The van der Waals surface area contributed by atoms with E-state index in [2.05, 4.69) is 25.7 Å². The van der Waals surface area contributed by atoms with Crippen LogP contribution in [-0.4, -0.2) is 30.1 Å². The van der Waals surface area contributed by atoms with E-state index >= 15 is 0 Å². The molecule has 102 valence electrons. The van der Waals surface area contributed by atoms with Gasteiger partial charge in [0, 0.05) is 12.1 Å². The average Bonchev–Trinajstić information content (AvgIpc) is 2.32.